The molecule has 2 aromatic carbocycles. The van der Waals surface area contributed by atoms with Gasteiger partial charge < -0.3 is 10.6 Å². The first-order chi connectivity index (χ1) is 11.8. The molecule has 0 atom stereocenters. The number of nitrogens with zero attached hydrogens (tertiary/aromatic N) is 3. The highest BCUT2D eigenvalue weighted by atomic mass is 15.2. The molecule has 0 amide bonds. The van der Waals surface area contributed by atoms with Crippen molar-refractivity contribution in [3.05, 3.63) is 54.7 Å². The van der Waals surface area contributed by atoms with Crippen LogP contribution in [0, 0.1) is 5.92 Å². The summed E-state index contributed by atoms with van der Waals surface area (Å²) in [5.41, 5.74) is 6.85. The van der Waals surface area contributed by atoms with Gasteiger partial charge in [-0.2, -0.15) is 0 Å². The van der Waals surface area contributed by atoms with Crippen LogP contribution in [0.15, 0.2) is 54.7 Å². The van der Waals surface area contributed by atoms with Gasteiger partial charge in [-0.15, -0.1) is 0 Å². The van der Waals surface area contributed by atoms with Gasteiger partial charge in [-0.25, -0.2) is 9.97 Å². The molecular weight excluding hydrogens is 296 g/mol. The Balaban J connectivity index is 1.62. The molecule has 122 valence electrons. The average molecular weight is 318 g/mol. The van der Waals surface area contributed by atoms with Crippen molar-refractivity contribution in [2.24, 2.45) is 11.7 Å². The lowest BCUT2D eigenvalue weighted by molar-refractivity contribution is 0.413. The Bertz CT molecular complexity index is 838. The van der Waals surface area contributed by atoms with Gasteiger partial charge in [-0.3, -0.25) is 0 Å². The van der Waals surface area contributed by atoms with Crippen LogP contribution in [0.2, 0.25) is 0 Å². The number of hydrogen-bond acceptors (Lipinski definition) is 4. The largest absolute Gasteiger partial charge is 0.356 e. The van der Waals surface area contributed by atoms with Gasteiger partial charge in [0.15, 0.2) is 5.82 Å². The van der Waals surface area contributed by atoms with Crippen molar-refractivity contribution in [1.82, 2.24) is 9.97 Å². The molecule has 2 N–H and O–H groups in total. The van der Waals surface area contributed by atoms with Crippen molar-refractivity contribution in [3.8, 4) is 11.4 Å². The Morgan fingerprint density at radius 3 is 2.58 bits per heavy atom. The van der Waals surface area contributed by atoms with E-state index < -0.39 is 0 Å². The quantitative estimate of drug-likeness (QED) is 0.803. The normalized spacial score (nSPS) is 15.8. The standard InChI is InChI=1S/C20H22N4/c21-14-15-8-11-24(12-9-15)19-7-10-22-20(23-19)18-6-5-16-3-1-2-4-17(16)13-18/h1-7,10,13,15H,8-9,11-12,14,21H2. The molecule has 0 aliphatic carbocycles. The topological polar surface area (TPSA) is 55.0 Å². The third kappa shape index (κ3) is 2.97. The highest BCUT2D eigenvalue weighted by Crippen LogP contribution is 2.25. The van der Waals surface area contributed by atoms with Gasteiger partial charge in [0.25, 0.3) is 0 Å². The summed E-state index contributed by atoms with van der Waals surface area (Å²) in [5, 5.41) is 2.45. The van der Waals surface area contributed by atoms with E-state index in [0.29, 0.717) is 5.92 Å². The molecule has 0 spiro atoms. The molecule has 1 fully saturated rings. The average Bonchev–Trinajstić information content (AvgIpc) is 2.68. The summed E-state index contributed by atoms with van der Waals surface area (Å²) in [7, 11) is 0. The zero-order valence-corrected chi connectivity index (χ0v) is 13.7. The Morgan fingerprint density at radius 1 is 1.00 bits per heavy atom. The van der Waals surface area contributed by atoms with Crippen LogP contribution in [-0.4, -0.2) is 29.6 Å². The Morgan fingerprint density at radius 2 is 1.79 bits per heavy atom. The van der Waals surface area contributed by atoms with Crippen molar-refractivity contribution in [2.45, 2.75) is 12.8 Å². The van der Waals surface area contributed by atoms with Crippen LogP contribution in [0.5, 0.6) is 0 Å². The van der Waals surface area contributed by atoms with Crippen LogP contribution in [0.3, 0.4) is 0 Å². The van der Waals surface area contributed by atoms with Gasteiger partial charge in [0.1, 0.15) is 5.82 Å². The molecule has 1 aliphatic rings. The smallest absolute Gasteiger partial charge is 0.161 e. The van der Waals surface area contributed by atoms with Crippen LogP contribution in [0.1, 0.15) is 12.8 Å². The second-order valence-electron chi connectivity index (χ2n) is 6.47. The van der Waals surface area contributed by atoms with E-state index in [-0.39, 0.29) is 0 Å². The highest BCUT2D eigenvalue weighted by molar-refractivity contribution is 5.86. The minimum absolute atomic E-state index is 0.656. The minimum Gasteiger partial charge on any atom is -0.356 e. The molecule has 0 bridgehead atoms. The van der Waals surface area contributed by atoms with E-state index in [1.165, 1.54) is 10.8 Å². The monoisotopic (exact) mass is 318 g/mol. The number of rotatable bonds is 3. The summed E-state index contributed by atoms with van der Waals surface area (Å²) in [6.45, 7) is 2.84. The van der Waals surface area contributed by atoms with Crippen LogP contribution in [0.4, 0.5) is 5.82 Å². The van der Waals surface area contributed by atoms with E-state index >= 15 is 0 Å². The fraction of sp³-hybridized carbons (Fsp3) is 0.300. The number of benzene rings is 2. The van der Waals surface area contributed by atoms with E-state index in [9.17, 15) is 0 Å². The third-order valence-corrected chi connectivity index (χ3v) is 4.92. The van der Waals surface area contributed by atoms with Gasteiger partial charge in [0.05, 0.1) is 0 Å². The van der Waals surface area contributed by atoms with Crippen molar-refractivity contribution in [1.29, 1.82) is 0 Å². The molecule has 2 heterocycles. The lowest BCUT2D eigenvalue weighted by Gasteiger charge is -2.32. The third-order valence-electron chi connectivity index (χ3n) is 4.92. The molecule has 4 rings (SSSR count). The van der Waals surface area contributed by atoms with E-state index in [0.717, 1.165) is 49.7 Å². The molecule has 0 radical (unpaired) electrons. The van der Waals surface area contributed by atoms with Crippen molar-refractivity contribution < 1.29 is 0 Å². The Kier molecular flexibility index (Phi) is 4.13. The summed E-state index contributed by atoms with van der Waals surface area (Å²) in [6.07, 6.45) is 4.15. The maximum atomic E-state index is 5.79. The van der Waals surface area contributed by atoms with Crippen LogP contribution in [-0.2, 0) is 0 Å². The zero-order chi connectivity index (χ0) is 16.4. The fourth-order valence-electron chi connectivity index (χ4n) is 3.39. The van der Waals surface area contributed by atoms with Gasteiger partial charge in [0.2, 0.25) is 0 Å². The predicted molar refractivity (Wildman–Crippen MR) is 99.0 cm³/mol. The molecular formula is C20H22N4. The number of aromatic nitrogens is 2. The highest BCUT2D eigenvalue weighted by Gasteiger charge is 2.19. The lowest BCUT2D eigenvalue weighted by atomic mass is 9.97. The SMILES string of the molecule is NCC1CCN(c2ccnc(-c3ccc4ccccc4c3)n2)CC1. The van der Waals surface area contributed by atoms with Crippen LogP contribution >= 0.6 is 0 Å². The number of hydrogen-bond donors (Lipinski definition) is 1. The first-order valence-electron chi connectivity index (χ1n) is 8.61. The summed E-state index contributed by atoms with van der Waals surface area (Å²) in [4.78, 5) is 11.6. The van der Waals surface area contributed by atoms with Crippen molar-refractivity contribution >= 4 is 16.6 Å². The van der Waals surface area contributed by atoms with E-state index in [2.05, 4.69) is 52.3 Å². The molecule has 0 saturated carbocycles. The Hall–Kier alpha value is -2.46. The second kappa shape index (κ2) is 6.57. The first-order valence-corrected chi connectivity index (χ1v) is 8.61. The number of nitrogens with two attached hydrogens (primary N) is 1. The van der Waals surface area contributed by atoms with E-state index in [1.807, 2.05) is 12.3 Å². The van der Waals surface area contributed by atoms with E-state index in [4.69, 9.17) is 10.7 Å². The first kappa shape index (κ1) is 15.1. The summed E-state index contributed by atoms with van der Waals surface area (Å²) in [5.74, 6) is 2.46. The van der Waals surface area contributed by atoms with E-state index in [1.54, 1.807) is 0 Å². The molecule has 1 aromatic heterocycles. The molecule has 1 aliphatic heterocycles. The van der Waals surface area contributed by atoms with Crippen molar-refractivity contribution in [3.63, 3.8) is 0 Å². The predicted octanol–water partition coefficient (Wildman–Crippen LogP) is 3.47. The number of fused-ring (bicyclic) bond motifs is 1. The van der Waals surface area contributed by atoms with Gasteiger partial charge in [-0.05, 0) is 48.2 Å². The summed E-state index contributed by atoms with van der Waals surface area (Å²) >= 11 is 0. The second-order valence-corrected chi connectivity index (χ2v) is 6.47. The maximum absolute atomic E-state index is 5.79. The summed E-state index contributed by atoms with van der Waals surface area (Å²) in [6, 6.07) is 16.8. The van der Waals surface area contributed by atoms with Crippen LogP contribution < -0.4 is 10.6 Å². The lowest BCUT2D eigenvalue weighted by Crippen LogP contribution is -2.36. The number of anilines is 1. The molecule has 4 nitrogen and oxygen atoms in total. The zero-order valence-electron chi connectivity index (χ0n) is 13.7. The van der Waals surface area contributed by atoms with Gasteiger partial charge in [0, 0.05) is 24.8 Å². The maximum Gasteiger partial charge on any atom is 0.161 e. The van der Waals surface area contributed by atoms with Crippen LogP contribution in [0.25, 0.3) is 22.2 Å². The fourth-order valence-corrected chi connectivity index (χ4v) is 3.39. The molecule has 1 saturated heterocycles. The van der Waals surface area contributed by atoms with Gasteiger partial charge >= 0.3 is 0 Å². The minimum atomic E-state index is 0.656. The molecule has 3 aromatic rings. The molecule has 0 unspecified atom stereocenters. The molecule has 24 heavy (non-hydrogen) atoms. The Labute approximate surface area is 142 Å². The van der Waals surface area contributed by atoms with Crippen molar-refractivity contribution in [2.75, 3.05) is 24.5 Å². The summed E-state index contributed by atoms with van der Waals surface area (Å²) < 4.78 is 0. The van der Waals surface area contributed by atoms with Gasteiger partial charge in [-0.1, -0.05) is 36.4 Å². The molecule has 4 heteroatoms. The number of piperidine rings is 1.